The molecule has 0 unspecified atom stereocenters. The quantitative estimate of drug-likeness (QED) is 0.514. The van der Waals surface area contributed by atoms with Gasteiger partial charge < -0.3 is 11.1 Å². The first-order valence-corrected chi connectivity index (χ1v) is 5.91. The van der Waals surface area contributed by atoms with Crippen LogP contribution < -0.4 is 11.1 Å². The van der Waals surface area contributed by atoms with E-state index in [1.807, 2.05) is 0 Å². The number of hydrogen-bond acceptors (Lipinski definition) is 2. The molecular weight excluding hydrogens is 311 g/mol. The molecule has 0 aliphatic heterocycles. The maximum Gasteiger partial charge on any atom is 0.182 e. The lowest BCUT2D eigenvalue weighted by Crippen LogP contribution is -2.13. The minimum Gasteiger partial charge on any atom is -0.389 e. The van der Waals surface area contributed by atoms with Gasteiger partial charge in [0.15, 0.2) is 23.3 Å². The summed E-state index contributed by atoms with van der Waals surface area (Å²) in [6.45, 7) is 0. The highest BCUT2D eigenvalue weighted by Crippen LogP contribution is 2.27. The van der Waals surface area contributed by atoms with Crippen molar-refractivity contribution >= 4 is 28.6 Å². The van der Waals surface area contributed by atoms with Crippen LogP contribution in [0.5, 0.6) is 0 Å². The van der Waals surface area contributed by atoms with Crippen molar-refractivity contribution < 1.29 is 22.0 Å². The van der Waals surface area contributed by atoms with E-state index in [0.717, 1.165) is 12.1 Å². The summed E-state index contributed by atoms with van der Waals surface area (Å²) in [5.74, 6) is -6.58. The Bertz CT molecular complexity index is 733. The number of anilines is 2. The van der Waals surface area contributed by atoms with Crippen LogP contribution in [-0.2, 0) is 0 Å². The molecule has 0 aliphatic rings. The van der Waals surface area contributed by atoms with Crippen molar-refractivity contribution in [1.29, 1.82) is 0 Å². The first-order chi connectivity index (χ1) is 9.81. The predicted octanol–water partition coefficient (Wildman–Crippen LogP) is 3.76. The fourth-order valence-corrected chi connectivity index (χ4v) is 1.76. The third-order valence-corrected chi connectivity index (χ3v) is 2.85. The van der Waals surface area contributed by atoms with Gasteiger partial charge in [0.2, 0.25) is 0 Å². The third-order valence-electron chi connectivity index (χ3n) is 2.63. The Labute approximate surface area is 121 Å². The van der Waals surface area contributed by atoms with Crippen LogP contribution in [0.2, 0.25) is 0 Å². The lowest BCUT2D eigenvalue weighted by atomic mass is 10.1. The van der Waals surface area contributed by atoms with Gasteiger partial charge in [-0.15, -0.1) is 0 Å². The summed E-state index contributed by atoms with van der Waals surface area (Å²) in [6, 6.07) is 2.91. The highest BCUT2D eigenvalue weighted by molar-refractivity contribution is 7.80. The van der Waals surface area contributed by atoms with Gasteiger partial charge >= 0.3 is 0 Å². The Balaban J connectivity index is 2.43. The molecule has 0 heterocycles. The van der Waals surface area contributed by atoms with E-state index in [1.165, 1.54) is 0 Å². The second kappa shape index (κ2) is 5.65. The van der Waals surface area contributed by atoms with Crippen molar-refractivity contribution in [2.75, 3.05) is 5.32 Å². The Morgan fingerprint density at radius 2 is 1.48 bits per heavy atom. The molecule has 0 saturated heterocycles. The van der Waals surface area contributed by atoms with Crippen LogP contribution in [0.3, 0.4) is 0 Å². The van der Waals surface area contributed by atoms with Gasteiger partial charge in [0, 0.05) is 17.7 Å². The highest BCUT2D eigenvalue weighted by Gasteiger charge is 2.17. The van der Waals surface area contributed by atoms with Crippen LogP contribution >= 0.6 is 12.2 Å². The van der Waals surface area contributed by atoms with Crippen LogP contribution in [0, 0.1) is 29.1 Å². The fourth-order valence-electron chi connectivity index (χ4n) is 1.60. The maximum absolute atomic E-state index is 13.8. The van der Waals surface area contributed by atoms with Crippen LogP contribution in [0.15, 0.2) is 24.3 Å². The van der Waals surface area contributed by atoms with Crippen molar-refractivity contribution in [1.82, 2.24) is 0 Å². The van der Waals surface area contributed by atoms with Crippen molar-refractivity contribution in [3.8, 4) is 0 Å². The van der Waals surface area contributed by atoms with E-state index < -0.39 is 40.5 Å². The molecule has 0 spiro atoms. The van der Waals surface area contributed by atoms with Crippen LogP contribution in [0.4, 0.5) is 33.3 Å². The average molecular weight is 318 g/mol. The number of benzene rings is 2. The molecule has 2 nitrogen and oxygen atoms in total. The fraction of sp³-hybridized carbons (Fsp3) is 0. The van der Waals surface area contributed by atoms with Crippen LogP contribution in [0.25, 0.3) is 0 Å². The minimum absolute atomic E-state index is 0.287. The van der Waals surface area contributed by atoms with Crippen molar-refractivity contribution in [3.63, 3.8) is 0 Å². The van der Waals surface area contributed by atoms with E-state index in [9.17, 15) is 22.0 Å². The maximum atomic E-state index is 13.8. The molecule has 8 heteroatoms. The van der Waals surface area contributed by atoms with Gasteiger partial charge in [0.05, 0.1) is 11.4 Å². The van der Waals surface area contributed by atoms with Crippen molar-refractivity contribution in [3.05, 3.63) is 58.9 Å². The topological polar surface area (TPSA) is 38.0 Å². The predicted molar refractivity (Wildman–Crippen MR) is 71.8 cm³/mol. The van der Waals surface area contributed by atoms with E-state index >= 15 is 0 Å². The van der Waals surface area contributed by atoms with Crippen LogP contribution in [-0.4, -0.2) is 4.99 Å². The summed E-state index contributed by atoms with van der Waals surface area (Å²) in [7, 11) is 0. The molecule has 2 aromatic carbocycles. The first-order valence-electron chi connectivity index (χ1n) is 5.50. The Hall–Kier alpha value is -2.22. The molecule has 110 valence electrons. The largest absolute Gasteiger partial charge is 0.389 e. The SMILES string of the molecule is NC(=S)c1ccc(Nc2cc(F)c(F)cc2F)c(F)c1F. The summed E-state index contributed by atoms with van der Waals surface area (Å²) in [5, 5.41) is 2.13. The zero-order valence-electron chi connectivity index (χ0n) is 10.2. The Kier molecular flexibility index (Phi) is 4.08. The molecule has 0 fully saturated rings. The number of halogens is 5. The Morgan fingerprint density at radius 3 is 2.10 bits per heavy atom. The van der Waals surface area contributed by atoms with E-state index in [0.29, 0.717) is 6.07 Å². The molecule has 0 aliphatic carbocycles. The number of rotatable bonds is 3. The summed E-state index contributed by atoms with van der Waals surface area (Å²) in [5.41, 5.74) is 3.86. The first kappa shape index (κ1) is 15.2. The van der Waals surface area contributed by atoms with E-state index in [4.69, 9.17) is 5.73 Å². The average Bonchev–Trinajstić information content (AvgIpc) is 2.40. The normalized spacial score (nSPS) is 10.5. The van der Waals surface area contributed by atoms with Gasteiger partial charge in [0.1, 0.15) is 10.8 Å². The summed E-state index contributed by atoms with van der Waals surface area (Å²) >= 11 is 4.53. The highest BCUT2D eigenvalue weighted by atomic mass is 32.1. The van der Waals surface area contributed by atoms with Gasteiger partial charge in [-0.05, 0) is 12.1 Å². The molecule has 3 N–H and O–H groups in total. The standard InChI is InChI=1S/C13H7F5N2S/c14-6-3-8(16)10(4-7(6)15)20-9-2-1-5(13(19)21)11(17)12(9)18/h1-4,20H,(H2,19,21). The lowest BCUT2D eigenvalue weighted by molar-refractivity contribution is 0.496. The zero-order valence-corrected chi connectivity index (χ0v) is 11.0. The van der Waals surface area contributed by atoms with Gasteiger partial charge in [-0.1, -0.05) is 12.2 Å². The molecule has 0 amide bonds. The second-order valence-electron chi connectivity index (χ2n) is 4.02. The Morgan fingerprint density at radius 1 is 0.857 bits per heavy atom. The number of hydrogen-bond donors (Lipinski definition) is 2. The summed E-state index contributed by atoms with van der Waals surface area (Å²) in [4.78, 5) is -0.350. The summed E-state index contributed by atoms with van der Waals surface area (Å²) in [6.07, 6.45) is 0. The lowest BCUT2D eigenvalue weighted by Gasteiger charge is -2.11. The zero-order chi connectivity index (χ0) is 15.7. The molecule has 0 aromatic heterocycles. The molecule has 0 bridgehead atoms. The van der Waals surface area contributed by atoms with Crippen LogP contribution in [0.1, 0.15) is 5.56 Å². The molecule has 0 saturated carbocycles. The smallest absolute Gasteiger partial charge is 0.182 e. The second-order valence-corrected chi connectivity index (χ2v) is 4.46. The number of thiocarbonyl (C=S) groups is 1. The third kappa shape index (κ3) is 2.94. The molecular formula is C13H7F5N2S. The molecule has 0 radical (unpaired) electrons. The molecule has 2 aromatic rings. The number of nitrogens with two attached hydrogens (primary N) is 1. The summed E-state index contributed by atoms with van der Waals surface area (Å²) < 4.78 is 66.7. The van der Waals surface area contributed by atoms with Gasteiger partial charge in [-0.25, -0.2) is 22.0 Å². The molecule has 21 heavy (non-hydrogen) atoms. The van der Waals surface area contributed by atoms with Crippen molar-refractivity contribution in [2.24, 2.45) is 5.73 Å². The monoisotopic (exact) mass is 318 g/mol. The number of nitrogens with one attached hydrogen (secondary N) is 1. The van der Waals surface area contributed by atoms with Gasteiger partial charge in [0.25, 0.3) is 0 Å². The van der Waals surface area contributed by atoms with Gasteiger partial charge in [-0.3, -0.25) is 0 Å². The molecule has 0 atom stereocenters. The van der Waals surface area contributed by atoms with E-state index in [2.05, 4.69) is 17.5 Å². The van der Waals surface area contributed by atoms with Gasteiger partial charge in [-0.2, -0.15) is 0 Å². The van der Waals surface area contributed by atoms with Crippen molar-refractivity contribution in [2.45, 2.75) is 0 Å². The minimum atomic E-state index is -1.39. The van der Waals surface area contributed by atoms with E-state index in [-0.39, 0.29) is 16.6 Å². The molecule has 2 rings (SSSR count). The van der Waals surface area contributed by atoms with E-state index in [1.54, 1.807) is 0 Å².